The number of rotatable bonds is 5. The lowest BCUT2D eigenvalue weighted by Crippen LogP contribution is -2.51. The molecule has 0 spiro atoms. The van der Waals surface area contributed by atoms with E-state index in [9.17, 15) is 4.79 Å². The van der Waals surface area contributed by atoms with E-state index in [1.807, 2.05) is 32.0 Å². The molecule has 0 saturated carbocycles. The van der Waals surface area contributed by atoms with E-state index in [0.717, 1.165) is 16.9 Å². The summed E-state index contributed by atoms with van der Waals surface area (Å²) in [6.45, 7) is 6.19. The van der Waals surface area contributed by atoms with Gasteiger partial charge in [-0.05, 0) is 26.3 Å². The molecule has 1 aromatic carbocycles. The Morgan fingerprint density at radius 2 is 2.11 bits per heavy atom. The van der Waals surface area contributed by atoms with Gasteiger partial charge in [0.25, 0.3) is 0 Å². The van der Waals surface area contributed by atoms with Crippen LogP contribution in [0, 0.1) is 6.92 Å². The van der Waals surface area contributed by atoms with Gasteiger partial charge in [0, 0.05) is 19.2 Å². The lowest BCUT2D eigenvalue weighted by atomic mass is 9.98. The summed E-state index contributed by atoms with van der Waals surface area (Å²) in [4.78, 5) is 13.9. The first-order valence-corrected chi connectivity index (χ1v) is 6.49. The van der Waals surface area contributed by atoms with Gasteiger partial charge in [0.15, 0.2) is 0 Å². The summed E-state index contributed by atoms with van der Waals surface area (Å²) >= 11 is 0. The number of likely N-dealkylation sites (N-methyl/N-ethyl adjacent to an activating group) is 1. The standard InChI is InChI=1S/C15H24N2O2/c1-6-15(3,16)14(18)17(4)10-12-9-11(2)7-8-13(12)19-5/h7-9H,6,10,16H2,1-5H3. The molecule has 1 unspecified atom stereocenters. The lowest BCUT2D eigenvalue weighted by molar-refractivity contribution is -0.135. The Balaban J connectivity index is 2.91. The van der Waals surface area contributed by atoms with Crippen LogP contribution in [0.4, 0.5) is 0 Å². The molecular formula is C15H24N2O2. The number of ether oxygens (including phenoxy) is 1. The smallest absolute Gasteiger partial charge is 0.242 e. The first-order valence-electron chi connectivity index (χ1n) is 6.49. The van der Waals surface area contributed by atoms with E-state index in [2.05, 4.69) is 0 Å². The van der Waals surface area contributed by atoms with Crippen LogP contribution in [0.3, 0.4) is 0 Å². The second kappa shape index (κ2) is 6.06. The normalized spacial score (nSPS) is 13.8. The molecule has 1 aromatic rings. The molecule has 106 valence electrons. The van der Waals surface area contributed by atoms with Crippen molar-refractivity contribution in [2.45, 2.75) is 39.3 Å². The van der Waals surface area contributed by atoms with Crippen molar-refractivity contribution in [3.8, 4) is 5.75 Å². The molecule has 0 aliphatic heterocycles. The Morgan fingerprint density at radius 1 is 1.47 bits per heavy atom. The Kier molecular flexibility index (Phi) is 4.95. The fourth-order valence-electron chi connectivity index (χ4n) is 1.95. The molecule has 19 heavy (non-hydrogen) atoms. The highest BCUT2D eigenvalue weighted by Crippen LogP contribution is 2.22. The van der Waals surface area contributed by atoms with E-state index < -0.39 is 5.54 Å². The minimum Gasteiger partial charge on any atom is -0.496 e. The molecule has 0 bridgehead atoms. The van der Waals surface area contributed by atoms with Gasteiger partial charge in [-0.1, -0.05) is 24.6 Å². The van der Waals surface area contributed by atoms with Crippen molar-refractivity contribution >= 4 is 5.91 Å². The molecule has 1 atom stereocenters. The van der Waals surface area contributed by atoms with Crippen molar-refractivity contribution in [2.75, 3.05) is 14.2 Å². The molecule has 4 heteroatoms. The van der Waals surface area contributed by atoms with Crippen LogP contribution in [0.1, 0.15) is 31.4 Å². The maximum Gasteiger partial charge on any atom is 0.242 e. The summed E-state index contributed by atoms with van der Waals surface area (Å²) in [6.07, 6.45) is 0.612. The van der Waals surface area contributed by atoms with Crippen molar-refractivity contribution in [3.63, 3.8) is 0 Å². The number of carbonyl (C=O) groups is 1. The maximum atomic E-state index is 12.2. The summed E-state index contributed by atoms with van der Waals surface area (Å²) in [7, 11) is 3.40. The molecule has 0 aliphatic rings. The number of hydrogen-bond donors (Lipinski definition) is 1. The summed E-state index contributed by atoms with van der Waals surface area (Å²) in [5.41, 5.74) is 7.31. The topological polar surface area (TPSA) is 55.6 Å². The van der Waals surface area contributed by atoms with Crippen LogP contribution in [-0.2, 0) is 11.3 Å². The maximum absolute atomic E-state index is 12.2. The SMILES string of the molecule is CCC(C)(N)C(=O)N(C)Cc1cc(C)ccc1OC. The van der Waals surface area contributed by atoms with E-state index in [4.69, 9.17) is 10.5 Å². The zero-order valence-corrected chi connectivity index (χ0v) is 12.5. The summed E-state index contributed by atoms with van der Waals surface area (Å²) in [5, 5.41) is 0. The van der Waals surface area contributed by atoms with Crippen LogP contribution in [0.25, 0.3) is 0 Å². The average molecular weight is 264 g/mol. The molecule has 0 heterocycles. The largest absolute Gasteiger partial charge is 0.496 e. The fourth-order valence-corrected chi connectivity index (χ4v) is 1.95. The average Bonchev–Trinajstić information content (AvgIpc) is 2.38. The Morgan fingerprint density at radius 3 is 2.63 bits per heavy atom. The quantitative estimate of drug-likeness (QED) is 0.886. The molecule has 1 rings (SSSR count). The van der Waals surface area contributed by atoms with Gasteiger partial charge in [0.05, 0.1) is 12.6 Å². The van der Waals surface area contributed by atoms with Crippen LogP contribution in [0.5, 0.6) is 5.75 Å². The van der Waals surface area contributed by atoms with Gasteiger partial charge in [0.1, 0.15) is 5.75 Å². The highest BCUT2D eigenvalue weighted by molar-refractivity contribution is 5.85. The van der Waals surface area contributed by atoms with Gasteiger partial charge in [-0.15, -0.1) is 0 Å². The van der Waals surface area contributed by atoms with Crippen LogP contribution in [-0.4, -0.2) is 30.5 Å². The molecule has 4 nitrogen and oxygen atoms in total. The first kappa shape index (κ1) is 15.5. The predicted molar refractivity (Wildman–Crippen MR) is 77.1 cm³/mol. The fraction of sp³-hybridized carbons (Fsp3) is 0.533. The molecular weight excluding hydrogens is 240 g/mol. The summed E-state index contributed by atoms with van der Waals surface area (Å²) in [6, 6.07) is 5.94. The first-order chi connectivity index (χ1) is 8.81. The van der Waals surface area contributed by atoms with Gasteiger partial charge in [0.2, 0.25) is 5.91 Å². The number of nitrogens with zero attached hydrogens (tertiary/aromatic N) is 1. The zero-order valence-electron chi connectivity index (χ0n) is 12.5. The van der Waals surface area contributed by atoms with Gasteiger partial charge in [-0.25, -0.2) is 0 Å². The number of nitrogens with two attached hydrogens (primary N) is 1. The molecule has 2 N–H and O–H groups in total. The third-order valence-electron chi connectivity index (χ3n) is 3.41. The van der Waals surface area contributed by atoms with Crippen molar-refractivity contribution < 1.29 is 9.53 Å². The van der Waals surface area contributed by atoms with Crippen LogP contribution < -0.4 is 10.5 Å². The molecule has 0 fully saturated rings. The van der Waals surface area contributed by atoms with Crippen molar-refractivity contribution in [3.05, 3.63) is 29.3 Å². The molecule has 0 saturated heterocycles. The molecule has 1 amide bonds. The van der Waals surface area contributed by atoms with E-state index in [-0.39, 0.29) is 5.91 Å². The number of benzene rings is 1. The summed E-state index contributed by atoms with van der Waals surface area (Å²) in [5.74, 6) is 0.735. The van der Waals surface area contributed by atoms with Gasteiger partial charge < -0.3 is 15.4 Å². The van der Waals surface area contributed by atoms with Crippen molar-refractivity contribution in [1.82, 2.24) is 4.90 Å². The highest BCUT2D eigenvalue weighted by atomic mass is 16.5. The van der Waals surface area contributed by atoms with E-state index in [0.29, 0.717) is 13.0 Å². The van der Waals surface area contributed by atoms with E-state index in [1.54, 1.807) is 26.0 Å². The Hall–Kier alpha value is -1.55. The van der Waals surface area contributed by atoms with Gasteiger partial charge in [-0.2, -0.15) is 0 Å². The number of carbonyl (C=O) groups excluding carboxylic acids is 1. The summed E-state index contributed by atoms with van der Waals surface area (Å²) < 4.78 is 5.32. The second-order valence-corrected chi connectivity index (χ2v) is 5.25. The zero-order chi connectivity index (χ0) is 14.6. The minimum atomic E-state index is -0.814. The van der Waals surface area contributed by atoms with Crippen LogP contribution in [0.2, 0.25) is 0 Å². The van der Waals surface area contributed by atoms with Gasteiger partial charge in [-0.3, -0.25) is 4.79 Å². The van der Waals surface area contributed by atoms with E-state index in [1.165, 1.54) is 0 Å². The molecule has 0 radical (unpaired) electrons. The number of hydrogen-bond acceptors (Lipinski definition) is 3. The minimum absolute atomic E-state index is 0.0569. The Labute approximate surface area is 115 Å². The van der Waals surface area contributed by atoms with Crippen molar-refractivity contribution in [1.29, 1.82) is 0 Å². The van der Waals surface area contributed by atoms with Gasteiger partial charge >= 0.3 is 0 Å². The number of aryl methyl sites for hydroxylation is 1. The highest BCUT2D eigenvalue weighted by Gasteiger charge is 2.29. The number of amides is 1. The number of methoxy groups -OCH3 is 1. The van der Waals surface area contributed by atoms with Crippen LogP contribution >= 0.6 is 0 Å². The van der Waals surface area contributed by atoms with E-state index >= 15 is 0 Å². The molecule has 0 aromatic heterocycles. The molecule has 0 aliphatic carbocycles. The predicted octanol–water partition coefficient (Wildman–Crippen LogP) is 2.09. The third-order valence-corrected chi connectivity index (χ3v) is 3.41. The van der Waals surface area contributed by atoms with Crippen molar-refractivity contribution in [2.24, 2.45) is 5.73 Å². The monoisotopic (exact) mass is 264 g/mol. The Bertz CT molecular complexity index is 455. The second-order valence-electron chi connectivity index (χ2n) is 5.25. The van der Waals surface area contributed by atoms with Crippen LogP contribution in [0.15, 0.2) is 18.2 Å². The third kappa shape index (κ3) is 3.70. The lowest BCUT2D eigenvalue weighted by Gasteiger charge is -2.28.